The second-order valence-corrected chi connectivity index (χ2v) is 10.3. The van der Waals surface area contributed by atoms with Crippen LogP contribution in [0.2, 0.25) is 5.02 Å². The fourth-order valence-corrected chi connectivity index (χ4v) is 5.78. The summed E-state index contributed by atoms with van der Waals surface area (Å²) in [6.45, 7) is 1.16. The molecule has 0 saturated carbocycles. The molecule has 1 fully saturated rings. The Labute approximate surface area is 228 Å². The van der Waals surface area contributed by atoms with Crippen LogP contribution in [0.5, 0.6) is 0 Å². The topological polar surface area (TPSA) is 113 Å². The number of carbonyl (C=O) groups excluding carboxylic acids is 1. The summed E-state index contributed by atoms with van der Waals surface area (Å²) in [6.07, 6.45) is 0.757. The number of nitrogens with zero attached hydrogens (tertiary/aromatic N) is 4. The molecule has 9 nitrogen and oxygen atoms in total. The molecule has 11 heteroatoms. The highest BCUT2D eigenvalue weighted by Gasteiger charge is 2.51. The van der Waals surface area contributed by atoms with E-state index in [9.17, 15) is 19.8 Å². The third kappa shape index (κ3) is 3.94. The van der Waals surface area contributed by atoms with Gasteiger partial charge < -0.3 is 20.1 Å². The molecule has 0 bridgehead atoms. The second-order valence-electron chi connectivity index (χ2n) is 9.89. The maximum Gasteiger partial charge on any atom is 0.414 e. The van der Waals surface area contributed by atoms with Crippen molar-refractivity contribution in [2.45, 2.75) is 24.6 Å². The molecule has 1 saturated heterocycles. The lowest BCUT2D eigenvalue weighted by Gasteiger charge is -2.35. The van der Waals surface area contributed by atoms with E-state index < -0.39 is 23.5 Å². The zero-order chi connectivity index (χ0) is 27.5. The highest BCUT2D eigenvalue weighted by molar-refractivity contribution is 6.31. The van der Waals surface area contributed by atoms with Crippen LogP contribution in [0.15, 0.2) is 60.7 Å². The van der Waals surface area contributed by atoms with Crippen LogP contribution in [0, 0.1) is 5.82 Å². The number of anilines is 2. The van der Waals surface area contributed by atoms with Crippen molar-refractivity contribution in [2.24, 2.45) is 0 Å². The van der Waals surface area contributed by atoms with Gasteiger partial charge in [-0.2, -0.15) is 0 Å². The van der Waals surface area contributed by atoms with E-state index >= 15 is 4.39 Å². The average molecular weight is 550 g/mol. The minimum Gasteiger partial charge on any atom is -0.465 e. The smallest absolute Gasteiger partial charge is 0.414 e. The highest BCUT2D eigenvalue weighted by atomic mass is 35.5. The van der Waals surface area contributed by atoms with Gasteiger partial charge in [0.25, 0.3) is 5.91 Å². The lowest BCUT2D eigenvalue weighted by Crippen LogP contribution is -2.45. The molecule has 1 aromatic heterocycles. The Morgan fingerprint density at radius 3 is 2.77 bits per heavy atom. The van der Waals surface area contributed by atoms with Gasteiger partial charge in [-0.3, -0.25) is 9.69 Å². The van der Waals surface area contributed by atoms with Crippen LogP contribution in [-0.4, -0.2) is 63.3 Å². The van der Waals surface area contributed by atoms with E-state index in [4.69, 9.17) is 11.6 Å². The first-order valence-corrected chi connectivity index (χ1v) is 12.9. The first-order chi connectivity index (χ1) is 18.7. The van der Waals surface area contributed by atoms with Crippen LogP contribution in [-0.2, 0) is 5.72 Å². The van der Waals surface area contributed by atoms with Crippen molar-refractivity contribution >= 4 is 46.3 Å². The van der Waals surface area contributed by atoms with Crippen LogP contribution < -0.4 is 9.80 Å². The monoisotopic (exact) mass is 549 g/mol. The number of imidazole rings is 1. The van der Waals surface area contributed by atoms with E-state index in [2.05, 4.69) is 14.9 Å². The van der Waals surface area contributed by atoms with Crippen LogP contribution in [0.4, 0.5) is 20.8 Å². The summed E-state index contributed by atoms with van der Waals surface area (Å²) in [7, 11) is 1.97. The number of carbonyl (C=O) groups is 2. The Morgan fingerprint density at radius 2 is 2.03 bits per heavy atom. The maximum absolute atomic E-state index is 15.2. The minimum atomic E-state index is -2.07. The largest absolute Gasteiger partial charge is 0.465 e. The van der Waals surface area contributed by atoms with E-state index in [1.54, 1.807) is 42.5 Å². The van der Waals surface area contributed by atoms with Crippen molar-refractivity contribution < 1.29 is 24.2 Å². The SMILES string of the molecule is CN1CCC[C@H]1CN(C(=O)O)c1nc2ccc(C3(O)c4ccccc4C(=O)N3c3cccc(Cl)c3F)cc2[nH]1. The zero-order valence-electron chi connectivity index (χ0n) is 20.9. The summed E-state index contributed by atoms with van der Waals surface area (Å²) in [4.78, 5) is 37.5. The molecule has 0 radical (unpaired) electrons. The maximum atomic E-state index is 15.2. The van der Waals surface area contributed by atoms with Gasteiger partial charge in [-0.15, -0.1) is 0 Å². The predicted molar refractivity (Wildman–Crippen MR) is 145 cm³/mol. The fourth-order valence-electron chi connectivity index (χ4n) is 5.61. The van der Waals surface area contributed by atoms with Crippen LogP contribution >= 0.6 is 11.6 Å². The lowest BCUT2D eigenvalue weighted by atomic mass is 9.93. The summed E-state index contributed by atoms with van der Waals surface area (Å²) >= 11 is 6.03. The summed E-state index contributed by atoms with van der Waals surface area (Å²) in [5.41, 5.74) is -0.550. The van der Waals surface area contributed by atoms with Gasteiger partial charge in [0.2, 0.25) is 5.95 Å². The van der Waals surface area contributed by atoms with Gasteiger partial charge in [-0.25, -0.2) is 19.1 Å². The van der Waals surface area contributed by atoms with Crippen LogP contribution in [0.3, 0.4) is 0 Å². The number of benzene rings is 3. The minimum absolute atomic E-state index is 0.0766. The van der Waals surface area contributed by atoms with Crippen molar-refractivity contribution in [3.8, 4) is 0 Å². The van der Waals surface area contributed by atoms with E-state index in [1.807, 2.05) is 7.05 Å². The third-order valence-corrected chi connectivity index (χ3v) is 7.95. The van der Waals surface area contributed by atoms with Gasteiger partial charge in [0.05, 0.1) is 21.7 Å². The molecule has 2 amide bonds. The van der Waals surface area contributed by atoms with Crippen LogP contribution in [0.1, 0.15) is 34.3 Å². The molecule has 6 rings (SSSR count). The van der Waals surface area contributed by atoms with E-state index in [-0.39, 0.29) is 45.9 Å². The van der Waals surface area contributed by atoms with E-state index in [0.717, 1.165) is 24.3 Å². The number of fused-ring (bicyclic) bond motifs is 2. The molecule has 39 heavy (non-hydrogen) atoms. The van der Waals surface area contributed by atoms with Gasteiger partial charge >= 0.3 is 6.09 Å². The number of likely N-dealkylation sites (tertiary alicyclic amines) is 1. The highest BCUT2D eigenvalue weighted by Crippen LogP contribution is 2.46. The molecule has 0 aliphatic carbocycles. The molecule has 2 aliphatic rings. The fraction of sp³-hybridized carbons (Fsp3) is 0.250. The van der Waals surface area contributed by atoms with Gasteiger partial charge in [-0.1, -0.05) is 41.9 Å². The van der Waals surface area contributed by atoms with Crippen LogP contribution in [0.25, 0.3) is 11.0 Å². The van der Waals surface area contributed by atoms with Crippen molar-refractivity contribution in [1.82, 2.24) is 14.9 Å². The number of nitrogens with one attached hydrogen (secondary N) is 1. The number of rotatable bonds is 5. The van der Waals surface area contributed by atoms with Crippen molar-refractivity contribution in [2.75, 3.05) is 29.9 Å². The average Bonchev–Trinajstić information content (AvgIpc) is 3.59. The predicted octanol–water partition coefficient (Wildman–Crippen LogP) is 4.79. The molecule has 2 atom stereocenters. The molecule has 1 unspecified atom stereocenters. The lowest BCUT2D eigenvalue weighted by molar-refractivity contribution is 0.0699. The number of carboxylic acid groups (broad SMARTS) is 1. The Morgan fingerprint density at radius 1 is 1.23 bits per heavy atom. The number of likely N-dealkylation sites (N-methyl/N-ethyl adjacent to an activating group) is 1. The summed E-state index contributed by atoms with van der Waals surface area (Å²) in [5, 5.41) is 22.0. The summed E-state index contributed by atoms with van der Waals surface area (Å²) in [5.74, 6) is -1.27. The van der Waals surface area contributed by atoms with E-state index in [0.29, 0.717) is 11.0 Å². The Kier molecular flexibility index (Phi) is 6.05. The molecular weight excluding hydrogens is 525 g/mol. The van der Waals surface area contributed by atoms with Crippen molar-refractivity contribution in [3.05, 3.63) is 88.2 Å². The summed E-state index contributed by atoms with van der Waals surface area (Å²) < 4.78 is 15.2. The van der Waals surface area contributed by atoms with E-state index in [1.165, 1.54) is 23.1 Å². The molecule has 200 valence electrons. The number of hydrogen-bond donors (Lipinski definition) is 3. The molecule has 3 heterocycles. The number of halogens is 2. The second kappa shape index (κ2) is 9.33. The molecule has 2 aliphatic heterocycles. The number of aromatic amines is 1. The van der Waals surface area contributed by atoms with Crippen molar-refractivity contribution in [1.29, 1.82) is 0 Å². The third-order valence-electron chi connectivity index (χ3n) is 7.66. The number of aromatic nitrogens is 2. The zero-order valence-corrected chi connectivity index (χ0v) is 21.7. The van der Waals surface area contributed by atoms with Gasteiger partial charge in [0.1, 0.15) is 0 Å². The Balaban J connectivity index is 1.46. The number of aliphatic hydroxyl groups is 1. The Hall–Kier alpha value is -3.99. The molecule has 0 spiro atoms. The quantitative estimate of drug-likeness (QED) is 0.330. The molecular formula is C28H25ClFN5O4. The van der Waals surface area contributed by atoms with Crippen molar-refractivity contribution in [3.63, 3.8) is 0 Å². The molecule has 3 aromatic carbocycles. The number of amides is 2. The first-order valence-electron chi connectivity index (χ1n) is 12.5. The molecule has 3 N–H and O–H groups in total. The number of hydrogen-bond acceptors (Lipinski definition) is 5. The first kappa shape index (κ1) is 25.3. The van der Waals surface area contributed by atoms with Gasteiger partial charge in [0, 0.05) is 29.3 Å². The molecule has 4 aromatic rings. The number of H-pyrrole nitrogens is 1. The standard InChI is InChI=1S/C28H25ClFN5O4/c1-33-13-5-6-17(33)15-34(27(37)38)26-31-21-12-11-16(14-22(21)32-26)28(39)19-8-3-2-7-18(19)25(36)35(28)23-10-4-9-20(29)24(23)30/h2-4,7-12,14,17,39H,5-6,13,15H2,1H3,(H,31,32)(H,37,38)/t17-,28?/m0/s1. The van der Waals surface area contributed by atoms with Gasteiger partial charge in [0.15, 0.2) is 11.5 Å². The summed E-state index contributed by atoms with van der Waals surface area (Å²) in [6, 6.07) is 15.7. The normalized spacial score (nSPS) is 21.1. The Bertz CT molecular complexity index is 1630. The van der Waals surface area contributed by atoms with Gasteiger partial charge in [-0.05, 0) is 56.8 Å².